The Labute approximate surface area is 118 Å². The maximum absolute atomic E-state index is 11.5. The molecule has 0 amide bonds. The average Bonchev–Trinajstić information content (AvgIpc) is 2.81. The summed E-state index contributed by atoms with van der Waals surface area (Å²) >= 11 is 0. The largest absolute Gasteiger partial charge is 0.388 e. The van der Waals surface area contributed by atoms with Gasteiger partial charge in [0.2, 0.25) is 0 Å². The molecular weight excluding hydrogens is 256 g/mol. The van der Waals surface area contributed by atoms with E-state index in [4.69, 9.17) is 0 Å². The van der Waals surface area contributed by atoms with Crippen LogP contribution in [-0.2, 0) is 4.79 Å². The number of hydrogen-bond acceptors (Lipinski definition) is 6. The quantitative estimate of drug-likeness (QED) is 0.543. The molecule has 0 radical (unpaired) electrons. The van der Waals surface area contributed by atoms with Crippen LogP contribution in [0.1, 0.15) is 20.3 Å². The van der Waals surface area contributed by atoms with Crippen LogP contribution in [0.25, 0.3) is 0 Å². The van der Waals surface area contributed by atoms with Crippen LogP contribution in [0.4, 0.5) is 0 Å². The summed E-state index contributed by atoms with van der Waals surface area (Å²) in [5.41, 5.74) is -0.654. The lowest BCUT2D eigenvalue weighted by Gasteiger charge is -2.50. The third kappa shape index (κ3) is 1.57. The van der Waals surface area contributed by atoms with E-state index >= 15 is 0 Å². The first-order valence-corrected chi connectivity index (χ1v) is 7.00. The smallest absolute Gasteiger partial charge is 0.162 e. The zero-order valence-corrected chi connectivity index (χ0v) is 11.9. The number of ketones is 1. The van der Waals surface area contributed by atoms with Crippen molar-refractivity contribution in [2.75, 3.05) is 6.54 Å². The number of rotatable bonds is 2. The molecule has 0 unspecified atom stereocenters. The molecule has 0 aromatic heterocycles. The molecule has 0 aliphatic carbocycles. The van der Waals surface area contributed by atoms with Gasteiger partial charge in [-0.05, 0) is 6.92 Å². The second kappa shape index (κ2) is 4.15. The summed E-state index contributed by atoms with van der Waals surface area (Å²) in [4.78, 5) is 13.6. The number of nitrogens with one attached hydrogen (secondary N) is 3. The molecule has 3 rings (SSSR count). The van der Waals surface area contributed by atoms with Crippen LogP contribution in [0.3, 0.4) is 0 Å². The van der Waals surface area contributed by atoms with E-state index in [2.05, 4.69) is 34.0 Å². The zero-order valence-electron chi connectivity index (χ0n) is 11.9. The Bertz CT molecular complexity index is 492. The van der Waals surface area contributed by atoms with Crippen molar-refractivity contribution in [3.63, 3.8) is 0 Å². The van der Waals surface area contributed by atoms with Crippen molar-refractivity contribution >= 4 is 5.78 Å². The SMILES string of the molecule is C=C1N[C@H]2[C@H](CC(C)=O)NC(=C)N3C[C@H](C)[C@H](O)[C@]23N1. The lowest BCUT2D eigenvalue weighted by Crippen LogP contribution is -2.73. The first-order valence-electron chi connectivity index (χ1n) is 7.00. The topological polar surface area (TPSA) is 76.6 Å². The predicted molar refractivity (Wildman–Crippen MR) is 75.2 cm³/mol. The number of carbonyl (C=O) groups is 1. The first-order chi connectivity index (χ1) is 9.36. The van der Waals surface area contributed by atoms with E-state index in [-0.39, 0.29) is 23.8 Å². The van der Waals surface area contributed by atoms with Crippen LogP contribution in [0.15, 0.2) is 24.8 Å². The summed E-state index contributed by atoms with van der Waals surface area (Å²) in [6, 6.07) is -0.229. The summed E-state index contributed by atoms with van der Waals surface area (Å²) in [7, 11) is 0. The molecule has 0 saturated carbocycles. The molecule has 20 heavy (non-hydrogen) atoms. The van der Waals surface area contributed by atoms with E-state index in [1.807, 2.05) is 6.92 Å². The Morgan fingerprint density at radius 1 is 1.50 bits per heavy atom. The van der Waals surface area contributed by atoms with Crippen molar-refractivity contribution in [2.24, 2.45) is 5.92 Å². The summed E-state index contributed by atoms with van der Waals surface area (Å²) in [5, 5.41) is 20.6. The molecule has 3 fully saturated rings. The highest BCUT2D eigenvalue weighted by Crippen LogP contribution is 2.43. The van der Waals surface area contributed by atoms with E-state index in [1.165, 1.54) is 0 Å². The second-order valence-corrected chi connectivity index (χ2v) is 6.19. The van der Waals surface area contributed by atoms with Gasteiger partial charge in [-0.2, -0.15) is 0 Å². The fourth-order valence-corrected chi connectivity index (χ4v) is 3.87. The maximum Gasteiger partial charge on any atom is 0.162 e. The lowest BCUT2D eigenvalue weighted by atomic mass is 9.84. The van der Waals surface area contributed by atoms with Gasteiger partial charge in [-0.15, -0.1) is 0 Å². The van der Waals surface area contributed by atoms with Gasteiger partial charge in [0.15, 0.2) is 5.66 Å². The van der Waals surface area contributed by atoms with Gasteiger partial charge in [-0.25, -0.2) is 0 Å². The van der Waals surface area contributed by atoms with Crippen molar-refractivity contribution in [3.05, 3.63) is 24.8 Å². The highest BCUT2D eigenvalue weighted by Gasteiger charge is 2.64. The van der Waals surface area contributed by atoms with Gasteiger partial charge in [0, 0.05) is 18.9 Å². The van der Waals surface area contributed by atoms with E-state index < -0.39 is 11.8 Å². The molecule has 6 heteroatoms. The van der Waals surface area contributed by atoms with Gasteiger partial charge in [0.05, 0.1) is 23.7 Å². The molecule has 6 nitrogen and oxygen atoms in total. The van der Waals surface area contributed by atoms with E-state index in [1.54, 1.807) is 6.92 Å². The van der Waals surface area contributed by atoms with E-state index in [0.717, 1.165) is 12.4 Å². The molecule has 3 aliphatic rings. The van der Waals surface area contributed by atoms with Crippen LogP contribution in [0.5, 0.6) is 0 Å². The Morgan fingerprint density at radius 2 is 2.20 bits per heavy atom. The molecule has 1 spiro atoms. The molecule has 0 bridgehead atoms. The van der Waals surface area contributed by atoms with Gasteiger partial charge >= 0.3 is 0 Å². The third-order valence-corrected chi connectivity index (χ3v) is 4.65. The minimum atomic E-state index is -0.654. The highest BCUT2D eigenvalue weighted by atomic mass is 16.3. The Morgan fingerprint density at radius 3 is 2.85 bits per heavy atom. The van der Waals surface area contributed by atoms with Crippen LogP contribution >= 0.6 is 0 Å². The number of aliphatic hydroxyl groups excluding tert-OH is 1. The van der Waals surface area contributed by atoms with Crippen molar-refractivity contribution < 1.29 is 9.90 Å². The molecule has 3 saturated heterocycles. The maximum atomic E-state index is 11.5. The molecule has 110 valence electrons. The number of carbonyl (C=O) groups excluding carboxylic acids is 1. The standard InChI is InChI=1S/C14H22N4O2/c1-7-6-18-10(4)16-11(5-8(2)19)12-14(18,13(7)20)17-9(3)15-12/h7,11-13,15-17,20H,3-6H2,1-2H3/t7-,11-,12-,13-,14-/m0/s1. The van der Waals surface area contributed by atoms with Gasteiger partial charge in [-0.1, -0.05) is 20.1 Å². The van der Waals surface area contributed by atoms with Crippen molar-refractivity contribution in [3.8, 4) is 0 Å². The van der Waals surface area contributed by atoms with Crippen molar-refractivity contribution in [1.82, 2.24) is 20.9 Å². The second-order valence-electron chi connectivity index (χ2n) is 6.19. The van der Waals surface area contributed by atoms with Gasteiger partial charge in [0.1, 0.15) is 11.9 Å². The molecule has 3 aliphatic heterocycles. The number of aliphatic hydroxyl groups is 1. The van der Waals surface area contributed by atoms with E-state index in [9.17, 15) is 9.90 Å². The minimum Gasteiger partial charge on any atom is -0.388 e. The molecule has 3 heterocycles. The summed E-state index contributed by atoms with van der Waals surface area (Å²) in [6.45, 7) is 12.3. The zero-order chi connectivity index (χ0) is 14.7. The van der Waals surface area contributed by atoms with E-state index in [0.29, 0.717) is 12.2 Å². The van der Waals surface area contributed by atoms with Gasteiger partial charge < -0.3 is 26.0 Å². The predicted octanol–water partition coefficient (Wildman–Crippen LogP) is -0.550. The summed E-state index contributed by atoms with van der Waals surface area (Å²) in [5.74, 6) is 1.66. The normalized spacial score (nSPS) is 42.5. The third-order valence-electron chi connectivity index (χ3n) is 4.65. The van der Waals surface area contributed by atoms with Crippen LogP contribution in [-0.4, -0.2) is 46.2 Å². The Hall–Kier alpha value is -1.69. The monoisotopic (exact) mass is 278 g/mol. The number of Topliss-reactive ketones (excluding diaryl/α,β-unsaturated/α-hetero) is 1. The summed E-state index contributed by atoms with van der Waals surface area (Å²) < 4.78 is 0. The minimum absolute atomic E-state index is 0.108. The van der Waals surface area contributed by atoms with Gasteiger partial charge in [0.25, 0.3) is 0 Å². The molecule has 5 atom stereocenters. The number of nitrogens with zero attached hydrogens (tertiary/aromatic N) is 1. The highest BCUT2D eigenvalue weighted by molar-refractivity contribution is 5.76. The molecular formula is C14H22N4O2. The average molecular weight is 278 g/mol. The Kier molecular flexibility index (Phi) is 2.76. The molecule has 0 aromatic carbocycles. The van der Waals surface area contributed by atoms with Crippen LogP contribution in [0, 0.1) is 5.92 Å². The lowest BCUT2D eigenvalue weighted by molar-refractivity contribution is -0.118. The van der Waals surface area contributed by atoms with Crippen LogP contribution in [0.2, 0.25) is 0 Å². The van der Waals surface area contributed by atoms with Crippen molar-refractivity contribution in [2.45, 2.75) is 44.1 Å². The fourth-order valence-electron chi connectivity index (χ4n) is 3.87. The molecule has 4 N–H and O–H groups in total. The fraction of sp³-hybridized carbons (Fsp3) is 0.643. The molecule has 0 aromatic rings. The van der Waals surface area contributed by atoms with Gasteiger partial charge in [-0.3, -0.25) is 4.79 Å². The van der Waals surface area contributed by atoms with Crippen molar-refractivity contribution in [1.29, 1.82) is 0 Å². The Balaban J connectivity index is 2.02. The van der Waals surface area contributed by atoms with Crippen LogP contribution < -0.4 is 16.0 Å². The first kappa shape index (κ1) is 13.3. The number of hydrogen-bond donors (Lipinski definition) is 4. The summed E-state index contributed by atoms with van der Waals surface area (Å²) in [6.07, 6.45) is -0.157.